The summed E-state index contributed by atoms with van der Waals surface area (Å²) in [7, 11) is 0. The van der Waals surface area contributed by atoms with Crippen LogP contribution in [-0.4, -0.2) is 16.4 Å². The monoisotopic (exact) mass is 287 g/mol. The van der Waals surface area contributed by atoms with Crippen molar-refractivity contribution in [3.05, 3.63) is 54.1 Å². The molecule has 5 heteroatoms. The van der Waals surface area contributed by atoms with Crippen LogP contribution in [-0.2, 0) is 0 Å². The maximum absolute atomic E-state index is 12.8. The summed E-state index contributed by atoms with van der Waals surface area (Å²) in [5.74, 6) is -0.627. The number of nitrogens with zero attached hydrogens (tertiary/aromatic N) is 1. The zero-order valence-corrected chi connectivity index (χ0v) is 12.3. The summed E-state index contributed by atoms with van der Waals surface area (Å²) in [6, 6.07) is 7.35. The van der Waals surface area contributed by atoms with Gasteiger partial charge in [-0.2, -0.15) is 0 Å². The lowest BCUT2D eigenvalue weighted by molar-refractivity contribution is 0.102. The van der Waals surface area contributed by atoms with Crippen molar-refractivity contribution >= 4 is 17.3 Å². The molecule has 0 saturated carbocycles. The highest BCUT2D eigenvalue weighted by atomic mass is 19.1. The van der Waals surface area contributed by atoms with Crippen molar-refractivity contribution in [1.82, 2.24) is 4.98 Å². The Hall–Kier alpha value is -2.43. The molecule has 1 heterocycles. The van der Waals surface area contributed by atoms with Crippen LogP contribution in [0.2, 0.25) is 0 Å². The van der Waals surface area contributed by atoms with E-state index in [1.54, 1.807) is 12.3 Å². The summed E-state index contributed by atoms with van der Waals surface area (Å²) in [6.07, 6.45) is 3.16. The molecule has 1 aromatic carbocycles. The molecule has 0 aliphatic heterocycles. The molecule has 0 atom stereocenters. The maximum Gasteiger partial charge on any atom is 0.257 e. The molecule has 0 aliphatic carbocycles. The second kappa shape index (κ2) is 5.91. The largest absolute Gasteiger partial charge is 0.379 e. The van der Waals surface area contributed by atoms with Gasteiger partial charge in [-0.3, -0.25) is 9.78 Å². The fourth-order valence-electron chi connectivity index (χ4n) is 1.80. The number of anilines is 2. The highest BCUT2D eigenvalue weighted by Crippen LogP contribution is 2.16. The molecule has 2 aromatic rings. The van der Waals surface area contributed by atoms with Gasteiger partial charge in [-0.1, -0.05) is 0 Å². The van der Waals surface area contributed by atoms with Crippen molar-refractivity contribution in [2.75, 3.05) is 10.6 Å². The van der Waals surface area contributed by atoms with E-state index in [0.29, 0.717) is 11.3 Å². The average molecular weight is 287 g/mol. The minimum absolute atomic E-state index is 0.117. The van der Waals surface area contributed by atoms with Gasteiger partial charge >= 0.3 is 0 Å². The maximum atomic E-state index is 12.8. The van der Waals surface area contributed by atoms with Gasteiger partial charge in [0.2, 0.25) is 0 Å². The van der Waals surface area contributed by atoms with E-state index in [-0.39, 0.29) is 17.3 Å². The zero-order chi connectivity index (χ0) is 15.5. The standard InChI is InChI=1S/C16H18FN3O/c1-16(2,3)20-14-8-11(9-18-10-14)15(21)19-13-6-4-12(17)5-7-13/h4-10,20H,1-3H3,(H,19,21). The first kappa shape index (κ1) is 15.0. The molecule has 0 fully saturated rings. The molecule has 1 amide bonds. The highest BCUT2D eigenvalue weighted by Gasteiger charge is 2.12. The molecular formula is C16H18FN3O. The Kier molecular flexibility index (Phi) is 4.21. The van der Waals surface area contributed by atoms with Crippen LogP contribution in [0.25, 0.3) is 0 Å². The molecule has 21 heavy (non-hydrogen) atoms. The molecule has 0 unspecified atom stereocenters. The topological polar surface area (TPSA) is 54.0 Å². The number of nitrogens with one attached hydrogen (secondary N) is 2. The fraction of sp³-hybridized carbons (Fsp3) is 0.250. The summed E-state index contributed by atoms with van der Waals surface area (Å²) < 4.78 is 12.8. The van der Waals surface area contributed by atoms with Gasteiger partial charge in [0.1, 0.15) is 5.82 Å². The van der Waals surface area contributed by atoms with Crippen molar-refractivity contribution in [1.29, 1.82) is 0 Å². The Morgan fingerprint density at radius 2 is 1.76 bits per heavy atom. The molecule has 110 valence electrons. The molecule has 2 rings (SSSR count). The van der Waals surface area contributed by atoms with Crippen LogP contribution in [0.1, 0.15) is 31.1 Å². The lowest BCUT2D eigenvalue weighted by atomic mass is 10.1. The Labute approximate surface area is 123 Å². The predicted molar refractivity (Wildman–Crippen MR) is 82.0 cm³/mol. The van der Waals surface area contributed by atoms with Crippen LogP contribution >= 0.6 is 0 Å². The van der Waals surface area contributed by atoms with E-state index >= 15 is 0 Å². The number of pyridine rings is 1. The van der Waals surface area contributed by atoms with E-state index in [9.17, 15) is 9.18 Å². The van der Waals surface area contributed by atoms with E-state index in [1.165, 1.54) is 30.5 Å². The lowest BCUT2D eigenvalue weighted by Gasteiger charge is -2.22. The van der Waals surface area contributed by atoms with Crippen LogP contribution in [0.5, 0.6) is 0 Å². The first-order valence-corrected chi connectivity index (χ1v) is 6.64. The molecule has 4 nitrogen and oxygen atoms in total. The zero-order valence-electron chi connectivity index (χ0n) is 12.3. The third-order valence-electron chi connectivity index (χ3n) is 2.62. The summed E-state index contributed by atoms with van der Waals surface area (Å²) >= 11 is 0. The van der Waals surface area contributed by atoms with Crippen LogP contribution in [0, 0.1) is 5.82 Å². The minimum atomic E-state index is -0.342. The number of hydrogen-bond donors (Lipinski definition) is 2. The Bertz CT molecular complexity index is 633. The third-order valence-corrected chi connectivity index (χ3v) is 2.62. The Morgan fingerprint density at radius 1 is 1.10 bits per heavy atom. The fourth-order valence-corrected chi connectivity index (χ4v) is 1.80. The molecule has 0 spiro atoms. The quantitative estimate of drug-likeness (QED) is 0.905. The molecule has 0 saturated heterocycles. The number of carbonyl (C=O) groups is 1. The SMILES string of the molecule is CC(C)(C)Nc1cncc(C(=O)Nc2ccc(F)cc2)c1. The van der Waals surface area contributed by atoms with Crippen LogP contribution in [0.4, 0.5) is 15.8 Å². The number of halogens is 1. The first-order valence-electron chi connectivity index (χ1n) is 6.64. The van der Waals surface area contributed by atoms with Gasteiger partial charge in [-0.05, 0) is 51.1 Å². The van der Waals surface area contributed by atoms with Gasteiger partial charge < -0.3 is 10.6 Å². The predicted octanol–water partition coefficient (Wildman–Crippen LogP) is 3.68. The number of rotatable bonds is 3. The van der Waals surface area contributed by atoms with Gasteiger partial charge in [0.15, 0.2) is 0 Å². The number of carbonyl (C=O) groups excluding carboxylic acids is 1. The smallest absolute Gasteiger partial charge is 0.257 e. The van der Waals surface area contributed by atoms with Gasteiger partial charge in [0.05, 0.1) is 11.3 Å². The van der Waals surface area contributed by atoms with Gasteiger partial charge in [0, 0.05) is 23.6 Å². The van der Waals surface area contributed by atoms with E-state index in [1.807, 2.05) is 20.8 Å². The molecule has 0 radical (unpaired) electrons. The molecule has 0 bridgehead atoms. The third kappa shape index (κ3) is 4.56. The molecule has 0 aliphatic rings. The average Bonchev–Trinajstić information content (AvgIpc) is 2.40. The highest BCUT2D eigenvalue weighted by molar-refractivity contribution is 6.04. The van der Waals surface area contributed by atoms with Gasteiger partial charge in [0.25, 0.3) is 5.91 Å². The van der Waals surface area contributed by atoms with Gasteiger partial charge in [-0.25, -0.2) is 4.39 Å². The number of benzene rings is 1. The Morgan fingerprint density at radius 3 is 2.38 bits per heavy atom. The van der Waals surface area contributed by atoms with E-state index in [0.717, 1.165) is 5.69 Å². The molecular weight excluding hydrogens is 269 g/mol. The number of aromatic nitrogens is 1. The molecule has 2 N–H and O–H groups in total. The van der Waals surface area contributed by atoms with E-state index in [2.05, 4.69) is 15.6 Å². The number of hydrogen-bond acceptors (Lipinski definition) is 3. The summed E-state index contributed by atoms with van der Waals surface area (Å²) in [6.45, 7) is 6.08. The van der Waals surface area contributed by atoms with E-state index < -0.39 is 0 Å². The second-order valence-electron chi connectivity index (χ2n) is 5.80. The summed E-state index contributed by atoms with van der Waals surface area (Å²) in [5, 5.41) is 5.96. The summed E-state index contributed by atoms with van der Waals surface area (Å²) in [5.41, 5.74) is 1.63. The second-order valence-corrected chi connectivity index (χ2v) is 5.80. The van der Waals surface area contributed by atoms with Crippen LogP contribution < -0.4 is 10.6 Å². The van der Waals surface area contributed by atoms with Crippen molar-refractivity contribution in [2.45, 2.75) is 26.3 Å². The summed E-state index contributed by atoms with van der Waals surface area (Å²) in [4.78, 5) is 16.2. The van der Waals surface area contributed by atoms with Crippen LogP contribution in [0.3, 0.4) is 0 Å². The lowest BCUT2D eigenvalue weighted by Crippen LogP contribution is -2.26. The normalized spacial score (nSPS) is 11.0. The minimum Gasteiger partial charge on any atom is -0.379 e. The van der Waals surface area contributed by atoms with Crippen molar-refractivity contribution in [3.8, 4) is 0 Å². The van der Waals surface area contributed by atoms with Gasteiger partial charge in [-0.15, -0.1) is 0 Å². The number of amides is 1. The van der Waals surface area contributed by atoms with Crippen molar-refractivity contribution < 1.29 is 9.18 Å². The van der Waals surface area contributed by atoms with E-state index in [4.69, 9.17) is 0 Å². The first-order chi connectivity index (χ1) is 9.83. The van der Waals surface area contributed by atoms with Crippen molar-refractivity contribution in [2.24, 2.45) is 0 Å². The van der Waals surface area contributed by atoms with Crippen molar-refractivity contribution in [3.63, 3.8) is 0 Å². The molecule has 1 aromatic heterocycles. The van der Waals surface area contributed by atoms with Crippen LogP contribution in [0.15, 0.2) is 42.7 Å². The Balaban J connectivity index is 2.12.